The molecule has 0 heterocycles. The molecule has 0 unspecified atom stereocenters. The molecule has 1 rings (SSSR count). The van der Waals surface area contributed by atoms with Gasteiger partial charge >= 0.3 is 5.97 Å². The molecule has 0 atom stereocenters. The first-order valence-corrected chi connectivity index (χ1v) is 5.82. The van der Waals surface area contributed by atoms with E-state index in [1.807, 2.05) is 6.07 Å². The van der Waals surface area contributed by atoms with Crippen molar-refractivity contribution < 1.29 is 9.53 Å². The Morgan fingerprint density at radius 3 is 2.62 bits per heavy atom. The van der Waals surface area contributed by atoms with Gasteiger partial charge < -0.3 is 4.74 Å². The van der Waals surface area contributed by atoms with Crippen LogP contribution in [0, 0.1) is 7.14 Å². The summed E-state index contributed by atoms with van der Waals surface area (Å²) in [4.78, 5) is 11.2. The Hall–Kier alpha value is 0.440. The monoisotopic (exact) mass is 422 g/mol. The van der Waals surface area contributed by atoms with Crippen LogP contribution in [-0.4, -0.2) is 13.1 Å². The standard InChI is InChI=1S/C8H5ClI2O2/c1-13-8(12)5-2-4(10)3-6(11)7(5)9/h2-3H,1H3. The van der Waals surface area contributed by atoms with Crippen LogP contribution in [0.1, 0.15) is 10.4 Å². The first-order chi connectivity index (χ1) is 6.06. The van der Waals surface area contributed by atoms with Gasteiger partial charge in [-0.1, -0.05) is 11.6 Å². The van der Waals surface area contributed by atoms with Crippen molar-refractivity contribution in [2.75, 3.05) is 7.11 Å². The zero-order valence-electron chi connectivity index (χ0n) is 6.61. The fourth-order valence-corrected chi connectivity index (χ4v) is 2.85. The average molecular weight is 422 g/mol. The summed E-state index contributed by atoms with van der Waals surface area (Å²) in [5.41, 5.74) is 0.417. The number of hydrogen-bond donors (Lipinski definition) is 0. The normalized spacial score (nSPS) is 9.85. The molecule has 70 valence electrons. The van der Waals surface area contributed by atoms with Gasteiger partial charge in [0.1, 0.15) is 0 Å². The van der Waals surface area contributed by atoms with Crippen LogP contribution in [-0.2, 0) is 4.74 Å². The summed E-state index contributed by atoms with van der Waals surface area (Å²) < 4.78 is 6.41. The van der Waals surface area contributed by atoms with E-state index in [0.29, 0.717) is 10.6 Å². The van der Waals surface area contributed by atoms with E-state index >= 15 is 0 Å². The minimum atomic E-state index is -0.401. The Balaban J connectivity index is 3.28. The molecular weight excluding hydrogens is 417 g/mol. The van der Waals surface area contributed by atoms with E-state index in [1.165, 1.54) is 7.11 Å². The minimum Gasteiger partial charge on any atom is -0.465 e. The van der Waals surface area contributed by atoms with Gasteiger partial charge in [-0.25, -0.2) is 4.79 Å². The maximum absolute atomic E-state index is 11.2. The van der Waals surface area contributed by atoms with Crippen molar-refractivity contribution in [1.29, 1.82) is 0 Å². The van der Waals surface area contributed by atoms with Crippen LogP contribution < -0.4 is 0 Å². The molecule has 0 aliphatic carbocycles. The van der Waals surface area contributed by atoms with Crippen molar-refractivity contribution in [3.05, 3.63) is 29.9 Å². The van der Waals surface area contributed by atoms with Gasteiger partial charge in [-0.3, -0.25) is 0 Å². The maximum Gasteiger partial charge on any atom is 0.339 e. The van der Waals surface area contributed by atoms with Crippen molar-refractivity contribution in [1.82, 2.24) is 0 Å². The Morgan fingerprint density at radius 1 is 1.46 bits per heavy atom. The van der Waals surface area contributed by atoms with Crippen LogP contribution in [0.4, 0.5) is 0 Å². The molecule has 0 aromatic heterocycles. The zero-order valence-corrected chi connectivity index (χ0v) is 11.7. The maximum atomic E-state index is 11.2. The highest BCUT2D eigenvalue weighted by atomic mass is 127. The lowest BCUT2D eigenvalue weighted by Gasteiger charge is -2.04. The quantitative estimate of drug-likeness (QED) is 0.394. The van der Waals surface area contributed by atoms with Gasteiger partial charge in [0.25, 0.3) is 0 Å². The van der Waals surface area contributed by atoms with Crippen LogP contribution >= 0.6 is 56.8 Å². The average Bonchev–Trinajstić information content (AvgIpc) is 2.10. The van der Waals surface area contributed by atoms with Gasteiger partial charge in [0.2, 0.25) is 0 Å². The zero-order chi connectivity index (χ0) is 10.0. The van der Waals surface area contributed by atoms with Crippen molar-refractivity contribution in [2.45, 2.75) is 0 Å². The second-order valence-electron chi connectivity index (χ2n) is 2.24. The van der Waals surface area contributed by atoms with Crippen LogP contribution in [0.25, 0.3) is 0 Å². The van der Waals surface area contributed by atoms with E-state index in [0.717, 1.165) is 7.14 Å². The summed E-state index contributed by atoms with van der Waals surface area (Å²) >= 11 is 10.1. The third kappa shape index (κ3) is 2.69. The van der Waals surface area contributed by atoms with E-state index in [-0.39, 0.29) is 0 Å². The van der Waals surface area contributed by atoms with E-state index in [9.17, 15) is 4.79 Å². The van der Waals surface area contributed by atoms with Crippen molar-refractivity contribution in [3.8, 4) is 0 Å². The molecule has 0 fully saturated rings. The molecule has 0 aliphatic rings. The summed E-state index contributed by atoms with van der Waals surface area (Å²) in [5.74, 6) is -0.401. The number of halogens is 3. The van der Waals surface area contributed by atoms with E-state index in [2.05, 4.69) is 49.9 Å². The van der Waals surface area contributed by atoms with Gasteiger partial charge in [0.05, 0.1) is 17.7 Å². The molecule has 0 saturated heterocycles. The Labute approximate surface area is 108 Å². The number of rotatable bonds is 1. The number of carbonyl (C=O) groups excluding carboxylic acids is 1. The Morgan fingerprint density at radius 2 is 2.08 bits per heavy atom. The van der Waals surface area contributed by atoms with Gasteiger partial charge in [-0.2, -0.15) is 0 Å². The largest absolute Gasteiger partial charge is 0.465 e. The summed E-state index contributed by atoms with van der Waals surface area (Å²) in [6.45, 7) is 0. The topological polar surface area (TPSA) is 26.3 Å². The van der Waals surface area contributed by atoms with Crippen LogP contribution in [0.5, 0.6) is 0 Å². The fourth-order valence-electron chi connectivity index (χ4n) is 0.814. The molecule has 0 N–H and O–H groups in total. The number of benzene rings is 1. The van der Waals surface area contributed by atoms with Crippen LogP contribution in [0.3, 0.4) is 0 Å². The molecule has 1 aromatic carbocycles. The molecule has 2 nitrogen and oxygen atoms in total. The molecule has 0 aliphatic heterocycles. The summed E-state index contributed by atoms with van der Waals surface area (Å²) in [7, 11) is 1.34. The van der Waals surface area contributed by atoms with E-state index in [4.69, 9.17) is 11.6 Å². The Kier molecular flexibility index (Phi) is 4.24. The number of hydrogen-bond acceptors (Lipinski definition) is 2. The first kappa shape index (κ1) is 11.5. The van der Waals surface area contributed by atoms with Gasteiger partial charge in [0, 0.05) is 7.14 Å². The Bertz CT molecular complexity index is 352. The molecule has 0 spiro atoms. The van der Waals surface area contributed by atoms with Crippen molar-refractivity contribution in [3.63, 3.8) is 0 Å². The lowest BCUT2D eigenvalue weighted by atomic mass is 10.2. The molecule has 5 heteroatoms. The van der Waals surface area contributed by atoms with Crippen LogP contribution in [0.2, 0.25) is 5.02 Å². The van der Waals surface area contributed by atoms with Crippen LogP contribution in [0.15, 0.2) is 12.1 Å². The van der Waals surface area contributed by atoms with E-state index in [1.54, 1.807) is 6.07 Å². The highest BCUT2D eigenvalue weighted by molar-refractivity contribution is 14.1. The molecule has 0 saturated carbocycles. The predicted octanol–water partition coefficient (Wildman–Crippen LogP) is 3.34. The summed E-state index contributed by atoms with van der Waals surface area (Å²) in [5, 5.41) is 0.452. The molecule has 0 amide bonds. The third-order valence-corrected chi connectivity index (χ3v) is 3.60. The third-order valence-electron chi connectivity index (χ3n) is 1.40. The number of methoxy groups -OCH3 is 1. The van der Waals surface area contributed by atoms with Gasteiger partial charge in [-0.15, -0.1) is 0 Å². The van der Waals surface area contributed by atoms with E-state index < -0.39 is 5.97 Å². The van der Waals surface area contributed by atoms with Gasteiger partial charge in [0.15, 0.2) is 0 Å². The number of esters is 1. The first-order valence-electron chi connectivity index (χ1n) is 3.29. The smallest absolute Gasteiger partial charge is 0.339 e. The lowest BCUT2D eigenvalue weighted by molar-refractivity contribution is 0.0601. The van der Waals surface area contributed by atoms with Crippen molar-refractivity contribution in [2.24, 2.45) is 0 Å². The molecule has 1 aromatic rings. The highest BCUT2D eigenvalue weighted by Gasteiger charge is 2.13. The molecule has 0 bridgehead atoms. The second-order valence-corrected chi connectivity index (χ2v) is 5.03. The highest BCUT2D eigenvalue weighted by Crippen LogP contribution is 2.26. The summed E-state index contributed by atoms with van der Waals surface area (Å²) in [6, 6.07) is 3.60. The summed E-state index contributed by atoms with van der Waals surface area (Å²) in [6.07, 6.45) is 0. The van der Waals surface area contributed by atoms with Crippen molar-refractivity contribution >= 4 is 62.8 Å². The minimum absolute atomic E-state index is 0.401. The molecular formula is C8H5ClI2O2. The predicted molar refractivity (Wildman–Crippen MR) is 68.2 cm³/mol. The number of ether oxygens (including phenoxy) is 1. The molecule has 0 radical (unpaired) electrons. The van der Waals surface area contributed by atoms with Gasteiger partial charge in [-0.05, 0) is 57.3 Å². The fraction of sp³-hybridized carbons (Fsp3) is 0.125. The number of carbonyl (C=O) groups is 1. The SMILES string of the molecule is COC(=O)c1cc(I)cc(I)c1Cl. The lowest BCUT2D eigenvalue weighted by Crippen LogP contribution is -2.03. The molecule has 13 heavy (non-hydrogen) atoms. The second kappa shape index (κ2) is 4.79.